The molecule has 0 fully saturated rings. The van der Waals surface area contributed by atoms with E-state index in [-0.39, 0.29) is 11.8 Å². The Morgan fingerprint density at radius 1 is 0.821 bits per heavy atom. The van der Waals surface area contributed by atoms with E-state index in [2.05, 4.69) is 16.9 Å². The zero-order chi connectivity index (χ0) is 20.1. The van der Waals surface area contributed by atoms with Gasteiger partial charge in [0.15, 0.2) is 0 Å². The van der Waals surface area contributed by atoms with Crippen LogP contribution in [-0.4, -0.2) is 21.8 Å². The maximum Gasteiger partial charge on any atom is 0.267 e. The van der Waals surface area contributed by atoms with Gasteiger partial charge in [-0.05, 0) is 60.4 Å². The molecule has 4 rings (SSSR count). The third-order valence-corrected chi connectivity index (χ3v) is 4.50. The second kappa shape index (κ2) is 8.43. The van der Waals surface area contributed by atoms with Crippen LogP contribution in [0, 0.1) is 0 Å². The molecule has 28 heavy (non-hydrogen) atoms. The van der Waals surface area contributed by atoms with Gasteiger partial charge >= 0.3 is 0 Å². The van der Waals surface area contributed by atoms with Crippen LogP contribution in [0.3, 0.4) is 0 Å². The predicted molar refractivity (Wildman–Crippen MR) is 109 cm³/mol. The molecule has 0 radical (unpaired) electrons. The number of imide groups is 1. The van der Waals surface area contributed by atoms with Gasteiger partial charge in [0.25, 0.3) is 11.8 Å². The predicted octanol–water partition coefficient (Wildman–Crippen LogP) is 3.67. The largest absolute Gasteiger partial charge is 0.384 e. The van der Waals surface area contributed by atoms with Crippen molar-refractivity contribution in [1.82, 2.24) is 9.97 Å². The highest BCUT2D eigenvalue weighted by Crippen LogP contribution is 2.27. The Bertz CT molecular complexity index is 982. The minimum atomic E-state index is -0.304. The first-order valence-corrected chi connectivity index (χ1v) is 9.18. The third-order valence-electron chi connectivity index (χ3n) is 4.50. The van der Waals surface area contributed by atoms with Gasteiger partial charge in [-0.25, -0.2) is 14.9 Å². The molecule has 0 saturated carbocycles. The van der Waals surface area contributed by atoms with Crippen LogP contribution >= 0.6 is 0 Å². The maximum atomic E-state index is 12.3. The van der Waals surface area contributed by atoms with E-state index in [1.54, 1.807) is 42.7 Å². The molecule has 0 saturated heterocycles. The van der Waals surface area contributed by atoms with Crippen molar-refractivity contribution in [1.29, 1.82) is 0 Å². The molecule has 0 atom stereocenters. The number of nitrogen functional groups attached to an aromatic ring is 1. The van der Waals surface area contributed by atoms with Gasteiger partial charge in [0.2, 0.25) is 0 Å². The summed E-state index contributed by atoms with van der Waals surface area (Å²) in [6, 6.07) is 14.4. The van der Waals surface area contributed by atoms with Crippen LogP contribution in [0.15, 0.2) is 60.9 Å². The Kier molecular flexibility index (Phi) is 5.79. The molecular weight excluding hydrogens is 352 g/mol. The fourth-order valence-electron chi connectivity index (χ4n) is 2.91. The molecule has 2 aromatic heterocycles. The normalized spacial score (nSPS) is 12.4. The lowest BCUT2D eigenvalue weighted by Crippen LogP contribution is -2.30. The first kappa shape index (κ1) is 19.2. The fourth-order valence-corrected chi connectivity index (χ4v) is 2.91. The summed E-state index contributed by atoms with van der Waals surface area (Å²) in [5.41, 5.74) is 8.59. The van der Waals surface area contributed by atoms with Gasteiger partial charge in [0.1, 0.15) is 11.6 Å². The van der Waals surface area contributed by atoms with Crippen LogP contribution < -0.4 is 10.6 Å². The Morgan fingerprint density at radius 3 is 1.86 bits per heavy atom. The lowest BCUT2D eigenvalue weighted by Gasteiger charge is -2.13. The van der Waals surface area contributed by atoms with E-state index < -0.39 is 0 Å². The third kappa shape index (κ3) is 3.91. The Morgan fingerprint density at radius 2 is 1.36 bits per heavy atom. The zero-order valence-corrected chi connectivity index (χ0v) is 15.9. The summed E-state index contributed by atoms with van der Waals surface area (Å²) in [6.45, 7) is 4.11. The standard InChI is InChI=1S/C15H12N2O2.C7H10N2/c1-2-10-7-8-16-13(9-10)17-14(18)11-5-3-4-6-12(11)15(17)19;1-2-6-3-4-9-7(8)5-6/h3-9H,2H2,1H3;3-5H,2H2,1H3,(H2,8,9). The number of aromatic nitrogens is 2. The Hall–Kier alpha value is -3.54. The second-order valence-corrected chi connectivity index (χ2v) is 6.31. The van der Waals surface area contributed by atoms with E-state index in [4.69, 9.17) is 5.73 Å². The molecule has 3 aromatic rings. The molecule has 1 aliphatic rings. The lowest BCUT2D eigenvalue weighted by molar-refractivity contribution is 0.0925. The van der Waals surface area contributed by atoms with E-state index in [1.807, 2.05) is 25.1 Å². The molecule has 0 bridgehead atoms. The number of pyridine rings is 2. The van der Waals surface area contributed by atoms with Crippen molar-refractivity contribution in [3.05, 3.63) is 83.2 Å². The van der Waals surface area contributed by atoms with Crippen LogP contribution in [-0.2, 0) is 12.8 Å². The van der Waals surface area contributed by atoms with E-state index >= 15 is 0 Å². The molecule has 3 heterocycles. The van der Waals surface area contributed by atoms with Crippen molar-refractivity contribution >= 4 is 23.5 Å². The number of rotatable bonds is 3. The van der Waals surface area contributed by atoms with Gasteiger partial charge in [-0.2, -0.15) is 0 Å². The molecule has 0 unspecified atom stereocenters. The minimum Gasteiger partial charge on any atom is -0.384 e. The molecule has 6 nitrogen and oxygen atoms in total. The smallest absolute Gasteiger partial charge is 0.267 e. The molecule has 6 heteroatoms. The first-order valence-electron chi connectivity index (χ1n) is 9.18. The summed E-state index contributed by atoms with van der Waals surface area (Å²) in [5, 5.41) is 0. The number of carbonyl (C=O) groups is 2. The molecular formula is C22H22N4O2. The summed E-state index contributed by atoms with van der Waals surface area (Å²) in [6.07, 6.45) is 5.21. The number of hydrogen-bond donors (Lipinski definition) is 1. The number of aryl methyl sites for hydroxylation is 2. The number of anilines is 2. The number of amides is 2. The van der Waals surface area contributed by atoms with Crippen molar-refractivity contribution < 1.29 is 9.59 Å². The van der Waals surface area contributed by atoms with Gasteiger partial charge in [0.05, 0.1) is 11.1 Å². The van der Waals surface area contributed by atoms with Crippen molar-refractivity contribution in [2.45, 2.75) is 26.7 Å². The summed E-state index contributed by atoms with van der Waals surface area (Å²) >= 11 is 0. The number of benzene rings is 1. The summed E-state index contributed by atoms with van der Waals surface area (Å²) in [7, 11) is 0. The van der Waals surface area contributed by atoms with Crippen LogP contribution in [0.25, 0.3) is 0 Å². The SMILES string of the molecule is CCc1ccnc(N)c1.CCc1ccnc(N2C(=O)c3ccccc3C2=O)c1. The monoisotopic (exact) mass is 374 g/mol. The van der Waals surface area contributed by atoms with E-state index in [0.29, 0.717) is 22.8 Å². The maximum absolute atomic E-state index is 12.3. The molecule has 0 aliphatic carbocycles. The van der Waals surface area contributed by atoms with E-state index in [9.17, 15) is 9.59 Å². The molecule has 1 aromatic carbocycles. The molecule has 2 amide bonds. The quantitative estimate of drug-likeness (QED) is 0.707. The van der Waals surface area contributed by atoms with Crippen molar-refractivity contribution in [2.24, 2.45) is 0 Å². The first-order chi connectivity index (χ1) is 13.5. The van der Waals surface area contributed by atoms with Gasteiger partial charge in [-0.1, -0.05) is 26.0 Å². The van der Waals surface area contributed by atoms with E-state index in [0.717, 1.165) is 23.3 Å². The average Bonchev–Trinajstić information content (AvgIpc) is 2.99. The van der Waals surface area contributed by atoms with Gasteiger partial charge in [-0.15, -0.1) is 0 Å². The zero-order valence-electron chi connectivity index (χ0n) is 15.9. The Balaban J connectivity index is 0.000000211. The summed E-state index contributed by atoms with van der Waals surface area (Å²) in [5.74, 6) is 0.391. The van der Waals surface area contributed by atoms with Crippen LogP contribution in [0.1, 0.15) is 45.7 Å². The highest BCUT2D eigenvalue weighted by molar-refractivity contribution is 6.34. The molecule has 2 N–H and O–H groups in total. The van der Waals surface area contributed by atoms with Crippen LogP contribution in [0.4, 0.5) is 11.6 Å². The van der Waals surface area contributed by atoms with Crippen LogP contribution in [0.5, 0.6) is 0 Å². The number of hydrogen-bond acceptors (Lipinski definition) is 5. The topological polar surface area (TPSA) is 89.2 Å². The van der Waals surface area contributed by atoms with Crippen molar-refractivity contribution in [3.63, 3.8) is 0 Å². The highest BCUT2D eigenvalue weighted by Gasteiger charge is 2.36. The number of fused-ring (bicyclic) bond motifs is 1. The number of nitrogens with two attached hydrogens (primary N) is 1. The van der Waals surface area contributed by atoms with Gasteiger partial charge in [0, 0.05) is 12.4 Å². The van der Waals surface area contributed by atoms with Gasteiger partial charge in [-0.3, -0.25) is 9.59 Å². The molecule has 142 valence electrons. The second-order valence-electron chi connectivity index (χ2n) is 6.31. The van der Waals surface area contributed by atoms with Gasteiger partial charge < -0.3 is 5.73 Å². The minimum absolute atomic E-state index is 0.304. The van der Waals surface area contributed by atoms with E-state index in [1.165, 1.54) is 5.56 Å². The molecule has 1 aliphatic heterocycles. The highest BCUT2D eigenvalue weighted by atomic mass is 16.2. The number of nitrogens with zero attached hydrogens (tertiary/aromatic N) is 3. The van der Waals surface area contributed by atoms with Crippen molar-refractivity contribution in [2.75, 3.05) is 10.6 Å². The Labute approximate surface area is 164 Å². The van der Waals surface area contributed by atoms with Crippen molar-refractivity contribution in [3.8, 4) is 0 Å². The fraction of sp³-hybridized carbons (Fsp3) is 0.182. The lowest BCUT2D eigenvalue weighted by atomic mass is 10.1. The van der Waals surface area contributed by atoms with Crippen LogP contribution in [0.2, 0.25) is 0 Å². The summed E-state index contributed by atoms with van der Waals surface area (Å²) in [4.78, 5) is 33.7. The number of carbonyl (C=O) groups excluding carboxylic acids is 2. The molecule has 0 spiro atoms. The summed E-state index contributed by atoms with van der Waals surface area (Å²) < 4.78 is 0. The average molecular weight is 374 g/mol.